The van der Waals surface area contributed by atoms with Gasteiger partial charge in [0.15, 0.2) is 5.78 Å². The molecule has 186 valence electrons. The Labute approximate surface area is 213 Å². The molecule has 0 saturated heterocycles. The van der Waals surface area contributed by atoms with Crippen LogP contribution in [0.3, 0.4) is 0 Å². The Bertz CT molecular complexity index is 1310. The molecule has 1 aliphatic heterocycles. The highest BCUT2D eigenvalue weighted by atomic mass is 16.3. The Hall–Kier alpha value is -3.60. The molecule has 0 aliphatic carbocycles. The van der Waals surface area contributed by atoms with E-state index in [1.165, 1.54) is 11.1 Å². The molecule has 1 unspecified atom stereocenters. The van der Waals surface area contributed by atoms with E-state index in [4.69, 9.17) is 4.42 Å². The predicted molar refractivity (Wildman–Crippen MR) is 144 cm³/mol. The molecule has 1 N–H and O–H groups in total. The zero-order chi connectivity index (χ0) is 25.3. The summed E-state index contributed by atoms with van der Waals surface area (Å²) in [6.45, 7) is 8.75. The molecule has 0 spiro atoms. The summed E-state index contributed by atoms with van der Waals surface area (Å²) < 4.78 is 7.24. The van der Waals surface area contributed by atoms with Crippen LogP contribution < -0.4 is 5.32 Å². The van der Waals surface area contributed by atoms with Gasteiger partial charge in [-0.3, -0.25) is 4.79 Å². The number of hydrogen-bond donors (Lipinski definition) is 1. The molecule has 1 aliphatic rings. The predicted octanol–water partition coefficient (Wildman–Crippen LogP) is 7.77. The number of ketones is 1. The number of Topliss-reactive ketones (excluding diaryl/α,β-unsaturated/α-hetero) is 1. The number of anilines is 1. The number of benzene rings is 2. The zero-order valence-corrected chi connectivity index (χ0v) is 21.6. The molecule has 0 radical (unpaired) electrons. The number of nitrogens with one attached hydrogen (secondary N) is 1. The standard InChI is InChI=1S/C31H35N3O2/c1-5-31(6-2,25-14-12-22(13-15-25)24-16-17-36-21-24)19-28(35)26-20-32-34-29(26)33-27(18-30(34,3)4)23-10-8-7-9-11-23/h7-17,20-21,27,33H,5-6,18-19H2,1-4H3. The van der Waals surface area contributed by atoms with Crippen molar-refractivity contribution in [1.82, 2.24) is 9.78 Å². The first-order chi connectivity index (χ1) is 17.4. The summed E-state index contributed by atoms with van der Waals surface area (Å²) in [4.78, 5) is 13.9. The minimum Gasteiger partial charge on any atom is -0.472 e. The Kier molecular flexibility index (Phi) is 6.33. The summed E-state index contributed by atoms with van der Waals surface area (Å²) in [7, 11) is 0. The molecule has 5 rings (SSSR count). The second kappa shape index (κ2) is 9.45. The number of carbonyl (C=O) groups is 1. The van der Waals surface area contributed by atoms with Gasteiger partial charge in [0.1, 0.15) is 5.82 Å². The quantitative estimate of drug-likeness (QED) is 0.261. The van der Waals surface area contributed by atoms with E-state index in [9.17, 15) is 4.79 Å². The fourth-order valence-electron chi connectivity index (χ4n) is 5.70. The Balaban J connectivity index is 1.44. The third kappa shape index (κ3) is 4.27. The molecule has 2 aromatic heterocycles. The molecule has 36 heavy (non-hydrogen) atoms. The lowest BCUT2D eigenvalue weighted by Crippen LogP contribution is -2.38. The summed E-state index contributed by atoms with van der Waals surface area (Å²) in [5.41, 5.74) is 4.85. The first kappa shape index (κ1) is 24.1. The van der Waals surface area contributed by atoms with Crippen molar-refractivity contribution in [1.29, 1.82) is 0 Å². The van der Waals surface area contributed by atoms with Crippen LogP contribution in [0.15, 0.2) is 83.8 Å². The smallest absolute Gasteiger partial charge is 0.169 e. The van der Waals surface area contributed by atoms with Gasteiger partial charge in [0.05, 0.1) is 35.9 Å². The molecule has 0 amide bonds. The highest BCUT2D eigenvalue weighted by Crippen LogP contribution is 2.42. The maximum absolute atomic E-state index is 13.9. The van der Waals surface area contributed by atoms with Crippen LogP contribution in [0.4, 0.5) is 5.82 Å². The minimum atomic E-state index is -0.232. The van der Waals surface area contributed by atoms with Crippen molar-refractivity contribution < 1.29 is 9.21 Å². The SMILES string of the molecule is CCC(CC)(CC(=O)c1cnn2c1NC(c1ccccc1)CC2(C)C)c1ccc(-c2ccoc2)cc1. The third-order valence-electron chi connectivity index (χ3n) is 8.06. The monoisotopic (exact) mass is 481 g/mol. The lowest BCUT2D eigenvalue weighted by atomic mass is 9.71. The van der Waals surface area contributed by atoms with Crippen molar-refractivity contribution >= 4 is 11.6 Å². The van der Waals surface area contributed by atoms with Gasteiger partial charge in [0, 0.05) is 17.4 Å². The van der Waals surface area contributed by atoms with Crippen LogP contribution in [-0.4, -0.2) is 15.6 Å². The highest BCUT2D eigenvalue weighted by molar-refractivity contribution is 6.01. The second-order valence-electron chi connectivity index (χ2n) is 10.6. The average Bonchev–Trinajstić information content (AvgIpc) is 3.59. The number of aromatic nitrogens is 2. The fraction of sp³-hybridized carbons (Fsp3) is 0.355. The van der Waals surface area contributed by atoms with Crippen molar-refractivity contribution in [3.8, 4) is 11.1 Å². The fourth-order valence-corrected chi connectivity index (χ4v) is 5.70. The Morgan fingerprint density at radius 3 is 2.42 bits per heavy atom. The summed E-state index contributed by atoms with van der Waals surface area (Å²) in [5.74, 6) is 0.970. The maximum Gasteiger partial charge on any atom is 0.169 e. The number of rotatable bonds is 8. The molecule has 5 heteroatoms. The molecule has 3 heterocycles. The van der Waals surface area contributed by atoms with Crippen molar-refractivity contribution in [2.45, 2.75) is 70.4 Å². The summed E-state index contributed by atoms with van der Waals surface area (Å²) in [5, 5.41) is 8.33. The minimum absolute atomic E-state index is 0.134. The van der Waals surface area contributed by atoms with Crippen molar-refractivity contribution in [2.24, 2.45) is 0 Å². The van der Waals surface area contributed by atoms with E-state index >= 15 is 0 Å². The van der Waals surface area contributed by atoms with Gasteiger partial charge in [-0.1, -0.05) is 68.4 Å². The van der Waals surface area contributed by atoms with Crippen molar-refractivity contribution in [3.05, 3.63) is 96.1 Å². The summed E-state index contributed by atoms with van der Waals surface area (Å²) in [6, 6.07) is 21.1. The zero-order valence-electron chi connectivity index (χ0n) is 21.6. The van der Waals surface area contributed by atoms with E-state index < -0.39 is 0 Å². The van der Waals surface area contributed by atoms with E-state index in [-0.39, 0.29) is 22.8 Å². The molecule has 0 bridgehead atoms. The first-order valence-corrected chi connectivity index (χ1v) is 12.9. The molecule has 0 fully saturated rings. The average molecular weight is 482 g/mol. The number of fused-ring (bicyclic) bond motifs is 1. The lowest BCUT2D eigenvalue weighted by Gasteiger charge is -2.38. The van der Waals surface area contributed by atoms with Gasteiger partial charge in [-0.15, -0.1) is 0 Å². The van der Waals surface area contributed by atoms with Crippen LogP contribution in [0.25, 0.3) is 11.1 Å². The maximum atomic E-state index is 13.9. The lowest BCUT2D eigenvalue weighted by molar-refractivity contribution is 0.0944. The Morgan fingerprint density at radius 2 is 1.78 bits per heavy atom. The number of nitrogens with zero attached hydrogens (tertiary/aromatic N) is 2. The molecular weight excluding hydrogens is 446 g/mol. The summed E-state index contributed by atoms with van der Waals surface area (Å²) >= 11 is 0. The van der Waals surface area contributed by atoms with E-state index in [1.807, 2.05) is 16.8 Å². The summed E-state index contributed by atoms with van der Waals surface area (Å²) in [6.07, 6.45) is 8.32. The van der Waals surface area contributed by atoms with E-state index in [1.54, 1.807) is 18.7 Å². The van der Waals surface area contributed by atoms with Gasteiger partial charge in [0.25, 0.3) is 0 Å². The van der Waals surface area contributed by atoms with Crippen molar-refractivity contribution in [3.63, 3.8) is 0 Å². The van der Waals surface area contributed by atoms with E-state index in [0.717, 1.165) is 36.2 Å². The molecule has 4 aromatic rings. The van der Waals surface area contributed by atoms with Gasteiger partial charge in [-0.2, -0.15) is 5.10 Å². The first-order valence-electron chi connectivity index (χ1n) is 12.9. The second-order valence-corrected chi connectivity index (χ2v) is 10.6. The van der Waals surface area contributed by atoms with Crippen LogP contribution in [-0.2, 0) is 11.0 Å². The number of hydrogen-bond acceptors (Lipinski definition) is 4. The van der Waals surface area contributed by atoms with E-state index in [0.29, 0.717) is 12.0 Å². The number of carbonyl (C=O) groups excluding carboxylic acids is 1. The van der Waals surface area contributed by atoms with Gasteiger partial charge in [-0.25, -0.2) is 4.68 Å². The highest BCUT2D eigenvalue weighted by Gasteiger charge is 2.38. The Morgan fingerprint density at radius 1 is 1.06 bits per heavy atom. The van der Waals surface area contributed by atoms with Gasteiger partial charge < -0.3 is 9.73 Å². The van der Waals surface area contributed by atoms with Gasteiger partial charge in [0.2, 0.25) is 0 Å². The molecule has 0 saturated carbocycles. The molecule has 5 nitrogen and oxygen atoms in total. The van der Waals surface area contributed by atoms with Gasteiger partial charge in [-0.05, 0) is 55.9 Å². The van der Waals surface area contributed by atoms with Gasteiger partial charge >= 0.3 is 0 Å². The van der Waals surface area contributed by atoms with Crippen LogP contribution in [0.2, 0.25) is 0 Å². The number of furan rings is 1. The van der Waals surface area contributed by atoms with Crippen LogP contribution in [0.1, 0.15) is 80.9 Å². The van der Waals surface area contributed by atoms with Crippen molar-refractivity contribution in [2.75, 3.05) is 5.32 Å². The topological polar surface area (TPSA) is 60.1 Å². The van der Waals surface area contributed by atoms with Crippen LogP contribution >= 0.6 is 0 Å². The van der Waals surface area contributed by atoms with Crippen LogP contribution in [0, 0.1) is 0 Å². The molecule has 1 atom stereocenters. The largest absolute Gasteiger partial charge is 0.472 e. The molecular formula is C31H35N3O2. The third-order valence-corrected chi connectivity index (χ3v) is 8.06. The normalized spacial score (nSPS) is 16.8. The van der Waals surface area contributed by atoms with E-state index in [2.05, 4.69) is 86.6 Å². The molecule has 2 aromatic carbocycles. The van der Waals surface area contributed by atoms with Crippen LogP contribution in [0.5, 0.6) is 0 Å².